The highest BCUT2D eigenvalue weighted by molar-refractivity contribution is 9.10. The summed E-state index contributed by atoms with van der Waals surface area (Å²) in [6, 6.07) is 17.1. The highest BCUT2D eigenvalue weighted by Gasteiger charge is 2.11. The maximum absolute atomic E-state index is 5.57. The third kappa shape index (κ3) is 4.09. The maximum Gasteiger partial charge on any atom is 0.119 e. The maximum atomic E-state index is 5.57. The molecule has 0 aliphatic rings. The Labute approximate surface area is 129 Å². The zero-order valence-corrected chi connectivity index (χ0v) is 13.5. The van der Waals surface area contributed by atoms with Crippen molar-refractivity contribution in [3.8, 4) is 5.75 Å². The van der Waals surface area contributed by atoms with Gasteiger partial charge in [-0.05, 0) is 55.8 Å². The molecule has 1 atom stereocenters. The summed E-state index contributed by atoms with van der Waals surface area (Å²) in [7, 11) is 2.00. The van der Waals surface area contributed by atoms with Crippen molar-refractivity contribution in [1.82, 2.24) is 5.32 Å². The molecule has 20 heavy (non-hydrogen) atoms. The van der Waals surface area contributed by atoms with Gasteiger partial charge in [0.1, 0.15) is 5.75 Å². The monoisotopic (exact) mass is 333 g/mol. The molecule has 0 aliphatic carbocycles. The number of ether oxygens (including phenoxy) is 1. The van der Waals surface area contributed by atoms with Crippen molar-refractivity contribution < 1.29 is 4.74 Å². The normalized spacial score (nSPS) is 12.2. The van der Waals surface area contributed by atoms with Crippen molar-refractivity contribution in [3.05, 3.63) is 64.1 Å². The summed E-state index contributed by atoms with van der Waals surface area (Å²) < 4.78 is 6.68. The summed E-state index contributed by atoms with van der Waals surface area (Å²) in [5, 5.41) is 3.38. The summed E-state index contributed by atoms with van der Waals surface area (Å²) in [6.07, 6.45) is 0.958. The molecule has 0 amide bonds. The van der Waals surface area contributed by atoms with E-state index in [4.69, 9.17) is 4.74 Å². The second-order valence-corrected chi connectivity index (χ2v) is 5.59. The Morgan fingerprint density at radius 2 is 1.90 bits per heavy atom. The van der Waals surface area contributed by atoms with Crippen LogP contribution in [0.3, 0.4) is 0 Å². The molecule has 3 heteroatoms. The first-order valence-corrected chi connectivity index (χ1v) is 7.66. The molecular weight excluding hydrogens is 314 g/mol. The van der Waals surface area contributed by atoms with E-state index in [9.17, 15) is 0 Å². The molecule has 0 fully saturated rings. The predicted octanol–water partition coefficient (Wildman–Crippen LogP) is 4.35. The largest absolute Gasteiger partial charge is 0.494 e. The van der Waals surface area contributed by atoms with Crippen molar-refractivity contribution in [1.29, 1.82) is 0 Å². The molecule has 0 spiro atoms. The molecule has 2 aromatic rings. The lowest BCUT2D eigenvalue weighted by Gasteiger charge is -2.18. The second-order valence-electron chi connectivity index (χ2n) is 4.68. The molecule has 1 N–H and O–H groups in total. The van der Waals surface area contributed by atoms with Crippen molar-refractivity contribution in [2.75, 3.05) is 13.7 Å². The summed E-state index contributed by atoms with van der Waals surface area (Å²) in [5.74, 6) is 0.932. The highest BCUT2D eigenvalue weighted by atomic mass is 79.9. The van der Waals surface area contributed by atoms with Crippen LogP contribution in [-0.4, -0.2) is 13.7 Å². The molecule has 1 unspecified atom stereocenters. The summed E-state index contributed by atoms with van der Waals surface area (Å²) in [4.78, 5) is 0. The second kappa shape index (κ2) is 7.46. The molecule has 2 aromatic carbocycles. The fourth-order valence-corrected chi connectivity index (χ4v) is 2.49. The summed E-state index contributed by atoms with van der Waals surface area (Å²) in [6.45, 7) is 2.70. The highest BCUT2D eigenvalue weighted by Crippen LogP contribution is 2.23. The van der Waals surface area contributed by atoms with E-state index in [2.05, 4.69) is 57.6 Å². The van der Waals surface area contributed by atoms with Gasteiger partial charge in [0.2, 0.25) is 0 Å². The third-order valence-electron chi connectivity index (χ3n) is 3.27. The van der Waals surface area contributed by atoms with E-state index in [-0.39, 0.29) is 6.04 Å². The minimum Gasteiger partial charge on any atom is -0.494 e. The van der Waals surface area contributed by atoms with Crippen LogP contribution in [0.2, 0.25) is 0 Å². The minimum atomic E-state index is 0.289. The Morgan fingerprint density at radius 1 is 1.15 bits per heavy atom. The fourth-order valence-electron chi connectivity index (χ4n) is 2.23. The first-order valence-electron chi connectivity index (χ1n) is 6.87. The van der Waals surface area contributed by atoms with Gasteiger partial charge in [-0.15, -0.1) is 0 Å². The van der Waals surface area contributed by atoms with Crippen LogP contribution in [0.4, 0.5) is 0 Å². The van der Waals surface area contributed by atoms with Crippen molar-refractivity contribution in [2.24, 2.45) is 0 Å². The van der Waals surface area contributed by atoms with Gasteiger partial charge in [-0.1, -0.05) is 40.2 Å². The van der Waals surface area contributed by atoms with Crippen LogP contribution in [-0.2, 0) is 6.42 Å². The Hall–Kier alpha value is -1.32. The van der Waals surface area contributed by atoms with E-state index in [0.717, 1.165) is 16.6 Å². The Morgan fingerprint density at radius 3 is 2.55 bits per heavy atom. The number of hydrogen-bond donors (Lipinski definition) is 1. The van der Waals surface area contributed by atoms with Crippen LogP contribution in [0.1, 0.15) is 24.1 Å². The van der Waals surface area contributed by atoms with Crippen molar-refractivity contribution in [2.45, 2.75) is 19.4 Å². The molecule has 0 aliphatic heterocycles. The first-order chi connectivity index (χ1) is 9.72. The number of likely N-dealkylation sites (N-methyl/N-ethyl adjacent to an activating group) is 1. The standard InChI is InChI=1S/C17H20BrNO/c1-3-20-16-6-4-5-14(12-16)17(19-2)11-13-7-9-15(18)10-8-13/h4-10,12,17,19H,3,11H2,1-2H3. The SMILES string of the molecule is CCOc1cccc(C(Cc2ccc(Br)cc2)NC)c1. The van der Waals surface area contributed by atoms with Gasteiger partial charge in [-0.2, -0.15) is 0 Å². The summed E-state index contributed by atoms with van der Waals surface area (Å²) in [5.41, 5.74) is 2.57. The molecule has 0 heterocycles. The fraction of sp³-hybridized carbons (Fsp3) is 0.294. The number of halogens is 1. The van der Waals surface area contributed by atoms with Gasteiger partial charge in [-0.3, -0.25) is 0 Å². The van der Waals surface area contributed by atoms with Gasteiger partial charge in [0.25, 0.3) is 0 Å². The molecular formula is C17H20BrNO. The van der Waals surface area contributed by atoms with E-state index in [0.29, 0.717) is 6.61 Å². The molecule has 0 bridgehead atoms. The van der Waals surface area contributed by atoms with Crippen LogP contribution in [0.25, 0.3) is 0 Å². The molecule has 106 valence electrons. The van der Waals surface area contributed by atoms with Crippen molar-refractivity contribution >= 4 is 15.9 Å². The zero-order valence-electron chi connectivity index (χ0n) is 11.9. The lowest BCUT2D eigenvalue weighted by Crippen LogP contribution is -2.18. The van der Waals surface area contributed by atoms with Gasteiger partial charge in [0.05, 0.1) is 6.61 Å². The van der Waals surface area contributed by atoms with Gasteiger partial charge in [0.15, 0.2) is 0 Å². The Kier molecular flexibility index (Phi) is 5.62. The van der Waals surface area contributed by atoms with E-state index in [1.807, 2.05) is 26.1 Å². The van der Waals surface area contributed by atoms with Crippen LogP contribution in [0.15, 0.2) is 53.0 Å². The van der Waals surface area contributed by atoms with E-state index >= 15 is 0 Å². The molecule has 0 radical (unpaired) electrons. The lowest BCUT2D eigenvalue weighted by molar-refractivity contribution is 0.339. The van der Waals surface area contributed by atoms with E-state index in [1.165, 1.54) is 11.1 Å². The molecule has 2 nitrogen and oxygen atoms in total. The van der Waals surface area contributed by atoms with Crippen LogP contribution >= 0.6 is 15.9 Å². The van der Waals surface area contributed by atoms with Gasteiger partial charge >= 0.3 is 0 Å². The van der Waals surface area contributed by atoms with Gasteiger partial charge < -0.3 is 10.1 Å². The first kappa shape index (κ1) is 15.1. The van der Waals surface area contributed by atoms with Crippen LogP contribution < -0.4 is 10.1 Å². The Balaban J connectivity index is 2.15. The zero-order chi connectivity index (χ0) is 14.4. The minimum absolute atomic E-state index is 0.289. The predicted molar refractivity (Wildman–Crippen MR) is 87.3 cm³/mol. The molecule has 0 saturated heterocycles. The number of nitrogens with one attached hydrogen (secondary N) is 1. The number of hydrogen-bond acceptors (Lipinski definition) is 2. The number of benzene rings is 2. The van der Waals surface area contributed by atoms with Crippen LogP contribution in [0.5, 0.6) is 5.75 Å². The lowest BCUT2D eigenvalue weighted by atomic mass is 9.99. The smallest absolute Gasteiger partial charge is 0.119 e. The quantitative estimate of drug-likeness (QED) is 0.848. The van der Waals surface area contributed by atoms with Crippen molar-refractivity contribution in [3.63, 3.8) is 0 Å². The third-order valence-corrected chi connectivity index (χ3v) is 3.80. The van der Waals surface area contributed by atoms with Gasteiger partial charge in [0, 0.05) is 10.5 Å². The molecule has 0 saturated carbocycles. The van der Waals surface area contributed by atoms with Gasteiger partial charge in [-0.25, -0.2) is 0 Å². The molecule has 0 aromatic heterocycles. The van der Waals surface area contributed by atoms with E-state index in [1.54, 1.807) is 0 Å². The van der Waals surface area contributed by atoms with Crippen LogP contribution in [0, 0.1) is 0 Å². The number of rotatable bonds is 6. The average Bonchev–Trinajstić information content (AvgIpc) is 2.47. The average molecular weight is 334 g/mol. The van der Waals surface area contributed by atoms with E-state index < -0.39 is 0 Å². The topological polar surface area (TPSA) is 21.3 Å². The molecule has 2 rings (SSSR count). The summed E-state index contributed by atoms with van der Waals surface area (Å²) >= 11 is 3.47. The Bertz CT molecular complexity index is 539.